The molecule has 5 aromatic rings. The van der Waals surface area contributed by atoms with Crippen LogP contribution in [-0.2, 0) is 21.7 Å². The average Bonchev–Trinajstić information content (AvgIpc) is 3.58. The predicted octanol–water partition coefficient (Wildman–Crippen LogP) is 11.7. The summed E-state index contributed by atoms with van der Waals surface area (Å²) in [5.74, 6) is 0.285. The monoisotopic (exact) mass is 647 g/mol. The molecule has 1 atom stereocenters. The minimum absolute atomic E-state index is 0.0502. The van der Waals surface area contributed by atoms with E-state index in [1.54, 1.807) is 5.56 Å². The van der Waals surface area contributed by atoms with Gasteiger partial charge in [-0.2, -0.15) is 0 Å². The van der Waals surface area contributed by atoms with Crippen molar-refractivity contribution in [3.63, 3.8) is 0 Å². The molecule has 1 unspecified atom stereocenters. The van der Waals surface area contributed by atoms with Gasteiger partial charge >= 0.3 is 0 Å². The minimum Gasteiger partial charge on any atom is -0.311 e. The molecule has 244 valence electrons. The lowest BCUT2D eigenvalue weighted by molar-refractivity contribution is 0.589. The Bertz CT molecular complexity index is 2120. The van der Waals surface area contributed by atoms with Crippen molar-refractivity contribution in [2.45, 2.75) is 111 Å². The Kier molecular flexibility index (Phi) is 6.61. The van der Waals surface area contributed by atoms with Crippen LogP contribution < -0.4 is 15.8 Å². The van der Waals surface area contributed by atoms with E-state index in [9.17, 15) is 0 Å². The second-order valence-corrected chi connectivity index (χ2v) is 19.6. The summed E-state index contributed by atoms with van der Waals surface area (Å²) in [5, 5.41) is 2.46. The number of hydrogen-bond acceptors (Lipinski definition) is 2. The second-order valence-electron chi connectivity index (χ2n) is 18.8. The Morgan fingerprint density at radius 3 is 1.71 bits per heavy atom. The lowest BCUT2D eigenvalue weighted by atomic mass is 9.29. The molecule has 0 amide bonds. The molecule has 0 spiro atoms. The fourth-order valence-electron chi connectivity index (χ4n) is 8.40. The van der Waals surface area contributed by atoms with Crippen LogP contribution in [0, 0.1) is 0 Å². The first-order valence-corrected chi connectivity index (χ1v) is 18.7. The molecule has 0 fully saturated rings. The first-order chi connectivity index (χ1) is 22.3. The number of fused-ring (bicyclic) bond motifs is 7. The lowest BCUT2D eigenvalue weighted by Gasteiger charge is -2.41. The molecule has 8 rings (SSSR count). The topological polar surface area (TPSA) is 3.24 Å². The molecular formula is C45H50BNS. The fraction of sp³-hybridized carbons (Fsp3) is 0.378. The third-order valence-corrected chi connectivity index (χ3v) is 12.3. The van der Waals surface area contributed by atoms with Gasteiger partial charge in [0, 0.05) is 21.6 Å². The minimum atomic E-state index is 0.0502. The van der Waals surface area contributed by atoms with Gasteiger partial charge in [-0.25, -0.2) is 0 Å². The standard InChI is InChI=1S/C45H50BNS/c1-42(2,3)26-13-17-30(18-14-26)47-36-20-16-28(44(7,8)9)24-35(36)46-39-31-19-15-27(43(4,5)6)21-32(31)33-22-29(45(10,11)12)23-34(38(33)39)41-40(46)37(47)25-48-41/h13-25,39H,1-12H3. The van der Waals surface area contributed by atoms with Crippen molar-refractivity contribution >= 4 is 46.0 Å². The first-order valence-electron chi connectivity index (χ1n) is 17.8. The van der Waals surface area contributed by atoms with Crippen molar-refractivity contribution in [3.8, 4) is 21.6 Å². The van der Waals surface area contributed by atoms with E-state index in [1.807, 2.05) is 11.3 Å². The molecular weight excluding hydrogens is 597 g/mol. The van der Waals surface area contributed by atoms with Crippen molar-refractivity contribution in [3.05, 3.63) is 112 Å². The van der Waals surface area contributed by atoms with Crippen LogP contribution in [0.1, 0.15) is 122 Å². The van der Waals surface area contributed by atoms with Crippen LogP contribution in [0.25, 0.3) is 21.6 Å². The summed E-state index contributed by atoms with van der Waals surface area (Å²) in [5.41, 5.74) is 20.2. The molecule has 0 radical (unpaired) electrons. The maximum atomic E-state index is 2.57. The first kappa shape index (κ1) is 31.7. The van der Waals surface area contributed by atoms with Gasteiger partial charge < -0.3 is 4.90 Å². The molecule has 1 aliphatic carbocycles. The number of nitrogens with zero attached hydrogens (tertiary/aromatic N) is 1. The molecule has 1 nitrogen and oxygen atoms in total. The third kappa shape index (κ3) is 4.63. The van der Waals surface area contributed by atoms with Crippen LogP contribution in [0.15, 0.2) is 78.2 Å². The number of thiophene rings is 1. The molecule has 0 bridgehead atoms. The Hall–Kier alpha value is -3.56. The fourth-order valence-corrected chi connectivity index (χ4v) is 9.51. The van der Waals surface area contributed by atoms with E-state index in [2.05, 4.69) is 166 Å². The van der Waals surface area contributed by atoms with E-state index in [4.69, 9.17) is 0 Å². The maximum absolute atomic E-state index is 2.57. The Morgan fingerprint density at radius 1 is 0.542 bits per heavy atom. The Labute approximate surface area is 293 Å². The van der Waals surface area contributed by atoms with Gasteiger partial charge in [0.25, 0.3) is 0 Å². The molecule has 3 heteroatoms. The normalized spacial score (nSPS) is 16.5. The highest BCUT2D eigenvalue weighted by molar-refractivity contribution is 7.17. The van der Waals surface area contributed by atoms with Crippen LogP contribution >= 0.6 is 11.3 Å². The summed E-state index contributed by atoms with van der Waals surface area (Å²) in [6.07, 6.45) is 0. The molecule has 0 N–H and O–H groups in total. The van der Waals surface area contributed by atoms with Crippen molar-refractivity contribution in [1.29, 1.82) is 0 Å². The van der Waals surface area contributed by atoms with Gasteiger partial charge in [-0.15, -0.1) is 11.3 Å². The van der Waals surface area contributed by atoms with Crippen LogP contribution in [-0.4, -0.2) is 6.71 Å². The van der Waals surface area contributed by atoms with Crippen LogP contribution in [0.3, 0.4) is 0 Å². The second kappa shape index (κ2) is 10.0. The summed E-state index contributed by atoms with van der Waals surface area (Å²) in [6, 6.07) is 29.3. The van der Waals surface area contributed by atoms with Crippen LogP contribution in [0.2, 0.25) is 0 Å². The van der Waals surface area contributed by atoms with Crippen molar-refractivity contribution in [2.75, 3.05) is 4.90 Å². The summed E-state index contributed by atoms with van der Waals surface area (Å²) in [6.45, 7) is 28.3. The molecule has 0 saturated heterocycles. The summed E-state index contributed by atoms with van der Waals surface area (Å²) < 4.78 is 0. The summed E-state index contributed by atoms with van der Waals surface area (Å²) in [7, 11) is 0. The van der Waals surface area contributed by atoms with Gasteiger partial charge in [0.1, 0.15) is 0 Å². The lowest BCUT2D eigenvalue weighted by Crippen LogP contribution is -2.55. The highest BCUT2D eigenvalue weighted by atomic mass is 32.1. The zero-order chi connectivity index (χ0) is 34.3. The quantitative estimate of drug-likeness (QED) is 0.164. The number of benzene rings is 4. The smallest absolute Gasteiger partial charge is 0.228 e. The van der Waals surface area contributed by atoms with Gasteiger partial charge in [-0.1, -0.05) is 132 Å². The molecule has 2 aliphatic heterocycles. The van der Waals surface area contributed by atoms with E-state index in [0.717, 1.165) is 0 Å². The zero-order valence-corrected chi connectivity index (χ0v) is 31.8. The van der Waals surface area contributed by atoms with Gasteiger partial charge in [-0.05, 0) is 113 Å². The molecule has 0 saturated carbocycles. The molecule has 3 aliphatic rings. The maximum Gasteiger partial charge on any atom is 0.228 e. The van der Waals surface area contributed by atoms with Crippen molar-refractivity contribution < 1.29 is 0 Å². The van der Waals surface area contributed by atoms with Crippen LogP contribution in [0.5, 0.6) is 0 Å². The van der Waals surface area contributed by atoms with Gasteiger partial charge in [-0.3, -0.25) is 0 Å². The van der Waals surface area contributed by atoms with E-state index in [-0.39, 0.29) is 34.2 Å². The van der Waals surface area contributed by atoms with Crippen molar-refractivity contribution in [2.24, 2.45) is 0 Å². The molecule has 48 heavy (non-hydrogen) atoms. The summed E-state index contributed by atoms with van der Waals surface area (Å²) >= 11 is 1.95. The van der Waals surface area contributed by atoms with Crippen LogP contribution in [0.4, 0.5) is 17.1 Å². The van der Waals surface area contributed by atoms with E-state index < -0.39 is 0 Å². The highest BCUT2D eigenvalue weighted by Gasteiger charge is 2.51. The largest absolute Gasteiger partial charge is 0.311 e. The van der Waals surface area contributed by atoms with Gasteiger partial charge in [0.2, 0.25) is 6.71 Å². The van der Waals surface area contributed by atoms with Crippen molar-refractivity contribution in [1.82, 2.24) is 0 Å². The molecule has 4 aromatic carbocycles. The van der Waals surface area contributed by atoms with E-state index in [1.165, 1.54) is 77.4 Å². The number of rotatable bonds is 1. The zero-order valence-electron chi connectivity index (χ0n) is 31.0. The number of hydrogen-bond donors (Lipinski definition) is 0. The highest BCUT2D eigenvalue weighted by Crippen LogP contribution is 2.57. The molecule has 3 heterocycles. The van der Waals surface area contributed by atoms with Gasteiger partial charge in [0.05, 0.1) is 5.69 Å². The third-order valence-electron chi connectivity index (χ3n) is 11.3. The van der Waals surface area contributed by atoms with E-state index >= 15 is 0 Å². The Morgan fingerprint density at radius 2 is 1.08 bits per heavy atom. The Balaban J connectivity index is 1.44. The van der Waals surface area contributed by atoms with E-state index in [0.29, 0.717) is 0 Å². The van der Waals surface area contributed by atoms with Gasteiger partial charge in [0.15, 0.2) is 0 Å². The molecule has 1 aromatic heterocycles. The number of anilines is 3. The SMILES string of the molecule is CC(C)(C)c1ccc(N2c3ccc(C(C)(C)C)cc3B3c4c2csc4-c2cc(C(C)(C)C)cc4c2C3c2ccc(C(C)(C)C)cc2-4)cc1. The predicted molar refractivity (Wildman–Crippen MR) is 212 cm³/mol. The average molecular weight is 648 g/mol. The summed E-state index contributed by atoms with van der Waals surface area (Å²) in [4.78, 5) is 4.03.